The molecule has 1 aliphatic heterocycles. The summed E-state index contributed by atoms with van der Waals surface area (Å²) in [5.41, 5.74) is 0. The van der Waals surface area contributed by atoms with Crippen molar-refractivity contribution in [2.45, 2.75) is 38.1 Å². The van der Waals surface area contributed by atoms with E-state index in [1.165, 1.54) is 19.3 Å². The van der Waals surface area contributed by atoms with Crippen molar-refractivity contribution in [1.29, 1.82) is 0 Å². The smallest absolute Gasteiger partial charge is 0.312 e. The molecule has 0 aliphatic carbocycles. The summed E-state index contributed by atoms with van der Waals surface area (Å²) in [5, 5.41) is 0. The first-order valence-electron chi connectivity index (χ1n) is 5.53. The lowest BCUT2D eigenvalue weighted by atomic mass is 9.98. The van der Waals surface area contributed by atoms with Gasteiger partial charge in [-0.1, -0.05) is 0 Å². The van der Waals surface area contributed by atoms with Crippen LogP contribution in [0.1, 0.15) is 32.1 Å². The summed E-state index contributed by atoms with van der Waals surface area (Å²) in [6, 6.07) is 0.459. The molecule has 1 radical (unpaired) electrons. The molecule has 0 aromatic rings. The van der Waals surface area contributed by atoms with Gasteiger partial charge in [-0.2, -0.15) is 0 Å². The Morgan fingerprint density at radius 2 is 2.21 bits per heavy atom. The van der Waals surface area contributed by atoms with E-state index >= 15 is 0 Å². The third kappa shape index (κ3) is 3.66. The van der Waals surface area contributed by atoms with Crippen LogP contribution in [-0.2, 0) is 4.79 Å². The van der Waals surface area contributed by atoms with E-state index in [1.807, 2.05) is 4.90 Å². The lowest BCUT2D eigenvalue weighted by Gasteiger charge is -2.32. The number of hydrogen-bond donors (Lipinski definition) is 0. The molecule has 3 heteroatoms. The Bertz CT molecular complexity index is 171. The van der Waals surface area contributed by atoms with Gasteiger partial charge in [0.2, 0.25) is 0 Å². The van der Waals surface area contributed by atoms with E-state index in [1.54, 1.807) is 0 Å². The van der Waals surface area contributed by atoms with Crippen molar-refractivity contribution >= 4 is 6.41 Å². The molecule has 0 N–H and O–H groups in total. The Morgan fingerprint density at radius 3 is 2.86 bits per heavy atom. The first kappa shape index (κ1) is 11.5. The molecule has 1 saturated heterocycles. The molecule has 1 amide bonds. The second-order valence-electron chi connectivity index (χ2n) is 4.38. The molecule has 0 bridgehead atoms. The largest absolute Gasteiger partial charge is 0.331 e. The quantitative estimate of drug-likeness (QED) is 0.662. The minimum atomic E-state index is 0.459. The third-order valence-electron chi connectivity index (χ3n) is 2.89. The Morgan fingerprint density at radius 1 is 1.43 bits per heavy atom. The highest BCUT2D eigenvalue weighted by atomic mass is 16.1. The van der Waals surface area contributed by atoms with Crippen LogP contribution in [0.3, 0.4) is 0 Å². The Hall–Kier alpha value is -0.570. The summed E-state index contributed by atoms with van der Waals surface area (Å²) >= 11 is 0. The third-order valence-corrected chi connectivity index (χ3v) is 2.89. The molecule has 0 aromatic heterocycles. The molecule has 1 heterocycles. The van der Waals surface area contributed by atoms with Gasteiger partial charge in [0.1, 0.15) is 0 Å². The number of likely N-dealkylation sites (tertiary alicyclic amines) is 1. The minimum Gasteiger partial charge on any atom is -0.331 e. The maximum absolute atomic E-state index is 10.7. The van der Waals surface area contributed by atoms with E-state index in [0.29, 0.717) is 6.04 Å². The maximum Gasteiger partial charge on any atom is 0.312 e. The van der Waals surface area contributed by atoms with Crippen LogP contribution >= 0.6 is 0 Å². The highest BCUT2D eigenvalue weighted by Gasteiger charge is 2.20. The molecular weight excluding hydrogens is 176 g/mol. The number of amides is 1. The van der Waals surface area contributed by atoms with Gasteiger partial charge in [-0.3, -0.25) is 4.79 Å². The van der Waals surface area contributed by atoms with Crippen LogP contribution in [0.4, 0.5) is 0 Å². The van der Waals surface area contributed by atoms with Crippen molar-refractivity contribution in [3.63, 3.8) is 0 Å². The van der Waals surface area contributed by atoms with Gasteiger partial charge in [0.05, 0.1) is 0 Å². The van der Waals surface area contributed by atoms with Crippen molar-refractivity contribution in [1.82, 2.24) is 9.80 Å². The first-order chi connectivity index (χ1) is 6.74. The molecule has 0 saturated carbocycles. The highest BCUT2D eigenvalue weighted by Crippen LogP contribution is 2.19. The van der Waals surface area contributed by atoms with Crippen LogP contribution in [0.2, 0.25) is 0 Å². The summed E-state index contributed by atoms with van der Waals surface area (Å²) < 4.78 is 0. The lowest BCUT2D eigenvalue weighted by molar-refractivity contribution is 0.212. The van der Waals surface area contributed by atoms with E-state index in [2.05, 4.69) is 25.4 Å². The van der Waals surface area contributed by atoms with Crippen LogP contribution in [-0.4, -0.2) is 49.4 Å². The van der Waals surface area contributed by atoms with Crippen LogP contribution < -0.4 is 0 Å². The predicted octanol–water partition coefficient (Wildman–Crippen LogP) is 1.25. The molecule has 14 heavy (non-hydrogen) atoms. The van der Waals surface area contributed by atoms with E-state index < -0.39 is 0 Å². The van der Waals surface area contributed by atoms with Gasteiger partial charge in [-0.05, 0) is 52.7 Å². The van der Waals surface area contributed by atoms with Crippen LogP contribution in [0.25, 0.3) is 0 Å². The SMILES string of the molecule is CN(C)CCCC1CCCCN1[C]=O. The zero-order valence-electron chi connectivity index (χ0n) is 9.33. The van der Waals surface area contributed by atoms with Gasteiger partial charge in [0, 0.05) is 12.6 Å². The molecule has 3 nitrogen and oxygen atoms in total. The van der Waals surface area contributed by atoms with Crippen LogP contribution in [0.5, 0.6) is 0 Å². The molecule has 1 atom stereocenters. The molecule has 0 spiro atoms. The molecule has 1 rings (SSSR count). The summed E-state index contributed by atoms with van der Waals surface area (Å²) in [5.74, 6) is 0. The van der Waals surface area contributed by atoms with Crippen LogP contribution in [0, 0.1) is 0 Å². The average Bonchev–Trinajstić information content (AvgIpc) is 2.18. The van der Waals surface area contributed by atoms with Gasteiger partial charge in [-0.15, -0.1) is 0 Å². The number of piperidine rings is 1. The first-order valence-corrected chi connectivity index (χ1v) is 5.53. The number of carbonyl (C=O) groups excluding carboxylic acids is 1. The minimum absolute atomic E-state index is 0.459. The van der Waals surface area contributed by atoms with Crippen molar-refractivity contribution in [2.24, 2.45) is 0 Å². The fourth-order valence-corrected chi connectivity index (χ4v) is 2.06. The van der Waals surface area contributed by atoms with E-state index in [9.17, 15) is 4.79 Å². The van der Waals surface area contributed by atoms with Crippen LogP contribution in [0.15, 0.2) is 0 Å². The normalized spacial score (nSPS) is 22.8. The maximum atomic E-state index is 10.7. The second-order valence-corrected chi connectivity index (χ2v) is 4.38. The topological polar surface area (TPSA) is 23.6 Å². The Balaban J connectivity index is 2.23. The van der Waals surface area contributed by atoms with Crippen molar-refractivity contribution in [3.05, 3.63) is 0 Å². The monoisotopic (exact) mass is 197 g/mol. The summed E-state index contributed by atoms with van der Waals surface area (Å²) in [6.45, 7) is 2.03. The summed E-state index contributed by atoms with van der Waals surface area (Å²) in [7, 11) is 4.18. The zero-order chi connectivity index (χ0) is 10.4. The predicted molar refractivity (Wildman–Crippen MR) is 57.8 cm³/mol. The molecule has 1 unspecified atom stereocenters. The lowest BCUT2D eigenvalue weighted by Crippen LogP contribution is -2.38. The van der Waals surface area contributed by atoms with Gasteiger partial charge < -0.3 is 9.80 Å². The fraction of sp³-hybridized carbons (Fsp3) is 0.909. The second kappa shape index (κ2) is 6.02. The van der Waals surface area contributed by atoms with Crippen molar-refractivity contribution in [2.75, 3.05) is 27.2 Å². The van der Waals surface area contributed by atoms with E-state index in [0.717, 1.165) is 25.9 Å². The molecular formula is C11H21N2O. The number of hydrogen-bond acceptors (Lipinski definition) is 2. The molecule has 1 fully saturated rings. The standard InChI is InChI=1S/C11H21N2O/c1-12(2)8-5-7-11-6-3-4-9-13(11)10-14/h11H,3-9H2,1-2H3. The van der Waals surface area contributed by atoms with Gasteiger partial charge in [0.25, 0.3) is 0 Å². The van der Waals surface area contributed by atoms with Crippen molar-refractivity contribution < 1.29 is 4.79 Å². The summed E-state index contributed by atoms with van der Waals surface area (Å²) in [4.78, 5) is 14.7. The highest BCUT2D eigenvalue weighted by molar-refractivity contribution is 5.48. The number of rotatable bonds is 5. The Kier molecular flexibility index (Phi) is 4.94. The molecule has 81 valence electrons. The van der Waals surface area contributed by atoms with Gasteiger partial charge in [-0.25, -0.2) is 0 Å². The van der Waals surface area contributed by atoms with Gasteiger partial charge >= 0.3 is 6.41 Å². The average molecular weight is 197 g/mol. The van der Waals surface area contributed by atoms with Crippen molar-refractivity contribution in [3.8, 4) is 0 Å². The summed E-state index contributed by atoms with van der Waals surface area (Å²) in [6.07, 6.45) is 7.96. The van der Waals surface area contributed by atoms with E-state index in [-0.39, 0.29) is 0 Å². The molecule has 0 aromatic carbocycles. The fourth-order valence-electron chi connectivity index (χ4n) is 2.06. The number of nitrogens with zero attached hydrogens (tertiary/aromatic N) is 2. The zero-order valence-corrected chi connectivity index (χ0v) is 9.33. The Labute approximate surface area is 87.1 Å². The van der Waals surface area contributed by atoms with Gasteiger partial charge in [0.15, 0.2) is 0 Å². The molecule has 1 aliphatic rings. The van der Waals surface area contributed by atoms with E-state index in [4.69, 9.17) is 0 Å².